The van der Waals surface area contributed by atoms with E-state index in [1.54, 1.807) is 16.8 Å². The molecule has 126 valence electrons. The number of carbonyl (C=O) groups is 2. The first kappa shape index (κ1) is 18.2. The van der Waals surface area contributed by atoms with Crippen LogP contribution in [-0.4, -0.2) is 25.4 Å². The van der Waals surface area contributed by atoms with Crippen molar-refractivity contribution in [3.05, 3.63) is 58.6 Å². The van der Waals surface area contributed by atoms with Crippen LogP contribution in [0, 0.1) is 6.92 Å². The lowest BCUT2D eigenvalue weighted by molar-refractivity contribution is -0.118. The predicted octanol–water partition coefficient (Wildman–Crippen LogP) is 4.16. The molecule has 0 unspecified atom stereocenters. The maximum absolute atomic E-state index is 12.4. The second kappa shape index (κ2) is 8.11. The van der Waals surface area contributed by atoms with Crippen molar-refractivity contribution < 1.29 is 9.59 Å². The van der Waals surface area contributed by atoms with Gasteiger partial charge in [0, 0.05) is 42.8 Å². The highest BCUT2D eigenvalue weighted by atomic mass is 79.9. The van der Waals surface area contributed by atoms with Crippen molar-refractivity contribution in [2.24, 2.45) is 0 Å². The summed E-state index contributed by atoms with van der Waals surface area (Å²) in [5.74, 6) is -0.112. The second-order valence-electron chi connectivity index (χ2n) is 5.64. The van der Waals surface area contributed by atoms with E-state index in [-0.39, 0.29) is 18.2 Å². The van der Waals surface area contributed by atoms with E-state index in [0.29, 0.717) is 6.54 Å². The smallest absolute Gasteiger partial charge is 0.228 e. The van der Waals surface area contributed by atoms with E-state index >= 15 is 0 Å². The lowest BCUT2D eigenvalue weighted by Crippen LogP contribution is -2.34. The number of aryl methyl sites for hydroxylation is 1. The van der Waals surface area contributed by atoms with E-state index in [2.05, 4.69) is 15.9 Å². The molecule has 0 heterocycles. The number of carbonyl (C=O) groups excluding carboxylic acids is 2. The van der Waals surface area contributed by atoms with Crippen molar-refractivity contribution in [3.8, 4) is 0 Å². The normalized spacial score (nSPS) is 10.3. The number of nitrogens with zero attached hydrogens (tertiary/aromatic N) is 2. The zero-order valence-electron chi connectivity index (χ0n) is 14.1. The van der Waals surface area contributed by atoms with Crippen molar-refractivity contribution in [3.63, 3.8) is 0 Å². The minimum atomic E-state index is -0.0825. The molecule has 0 radical (unpaired) electrons. The van der Waals surface area contributed by atoms with E-state index in [0.717, 1.165) is 21.4 Å². The van der Waals surface area contributed by atoms with Gasteiger partial charge in [0.2, 0.25) is 11.8 Å². The largest absolute Gasteiger partial charge is 0.315 e. The molecule has 24 heavy (non-hydrogen) atoms. The molecule has 0 aromatic heterocycles. The molecule has 0 aliphatic rings. The van der Waals surface area contributed by atoms with Crippen LogP contribution in [-0.2, 0) is 9.59 Å². The summed E-state index contributed by atoms with van der Waals surface area (Å²) in [6, 6.07) is 15.2. The Labute approximate surface area is 151 Å². The summed E-state index contributed by atoms with van der Waals surface area (Å²) in [6.07, 6.45) is 0.260. The number of hydrogen-bond donors (Lipinski definition) is 0. The van der Waals surface area contributed by atoms with Crippen LogP contribution in [0.3, 0.4) is 0 Å². The minimum Gasteiger partial charge on any atom is -0.315 e. The van der Waals surface area contributed by atoms with E-state index in [1.165, 1.54) is 6.92 Å². The molecule has 2 rings (SSSR count). The summed E-state index contributed by atoms with van der Waals surface area (Å²) in [6.45, 7) is 3.85. The maximum Gasteiger partial charge on any atom is 0.228 e. The Morgan fingerprint density at radius 3 is 2.29 bits per heavy atom. The Hall–Kier alpha value is -2.14. The topological polar surface area (TPSA) is 40.6 Å². The molecule has 2 amide bonds. The molecular weight excluding hydrogens is 368 g/mol. The standard InChI is InChI=1S/C19H21BrN2O2/c1-14-9-10-17(13-18(14)20)22(15(2)23)12-11-19(24)21(3)16-7-5-4-6-8-16/h4-10,13H,11-12H2,1-3H3. The Morgan fingerprint density at radius 1 is 1.04 bits per heavy atom. The van der Waals surface area contributed by atoms with Gasteiger partial charge in [-0.25, -0.2) is 0 Å². The Morgan fingerprint density at radius 2 is 1.71 bits per heavy atom. The Bertz CT molecular complexity index is 731. The third kappa shape index (κ3) is 4.45. The molecule has 0 spiro atoms. The fourth-order valence-electron chi connectivity index (χ4n) is 2.39. The molecular formula is C19H21BrN2O2. The molecule has 0 atom stereocenters. The zero-order chi connectivity index (χ0) is 17.7. The van der Waals surface area contributed by atoms with Gasteiger partial charge in [-0.15, -0.1) is 0 Å². The summed E-state index contributed by atoms with van der Waals surface area (Å²) in [4.78, 5) is 27.6. The number of para-hydroxylation sites is 1. The number of benzene rings is 2. The minimum absolute atomic E-state index is 0.0290. The fraction of sp³-hybridized carbons (Fsp3) is 0.263. The van der Waals surface area contributed by atoms with Crippen molar-refractivity contribution in [1.82, 2.24) is 0 Å². The third-order valence-corrected chi connectivity index (χ3v) is 4.77. The fourth-order valence-corrected chi connectivity index (χ4v) is 2.76. The lowest BCUT2D eigenvalue weighted by atomic mass is 10.2. The summed E-state index contributed by atoms with van der Waals surface area (Å²) < 4.78 is 0.944. The lowest BCUT2D eigenvalue weighted by Gasteiger charge is -2.23. The van der Waals surface area contributed by atoms with Crippen LogP contribution < -0.4 is 9.80 Å². The monoisotopic (exact) mass is 388 g/mol. The highest BCUT2D eigenvalue weighted by Crippen LogP contribution is 2.24. The molecule has 0 aliphatic carbocycles. The highest BCUT2D eigenvalue weighted by molar-refractivity contribution is 9.10. The van der Waals surface area contributed by atoms with Gasteiger partial charge in [0.1, 0.15) is 0 Å². The summed E-state index contributed by atoms with van der Waals surface area (Å²) >= 11 is 3.48. The molecule has 0 fully saturated rings. The van der Waals surface area contributed by atoms with Gasteiger partial charge in [-0.3, -0.25) is 9.59 Å². The third-order valence-electron chi connectivity index (χ3n) is 3.91. The molecule has 0 bridgehead atoms. The summed E-state index contributed by atoms with van der Waals surface area (Å²) in [5, 5.41) is 0. The number of halogens is 1. The summed E-state index contributed by atoms with van der Waals surface area (Å²) in [7, 11) is 1.75. The second-order valence-corrected chi connectivity index (χ2v) is 6.50. The first-order chi connectivity index (χ1) is 11.4. The highest BCUT2D eigenvalue weighted by Gasteiger charge is 2.16. The molecule has 2 aromatic carbocycles. The average Bonchev–Trinajstić information content (AvgIpc) is 2.57. The SMILES string of the molecule is CC(=O)N(CCC(=O)N(C)c1ccccc1)c1ccc(C)c(Br)c1. The van der Waals surface area contributed by atoms with Gasteiger partial charge >= 0.3 is 0 Å². The van der Waals surface area contributed by atoms with Crippen molar-refractivity contribution >= 4 is 39.1 Å². The molecule has 0 N–H and O–H groups in total. The molecule has 4 nitrogen and oxygen atoms in total. The van der Waals surface area contributed by atoms with Gasteiger partial charge in [0.05, 0.1) is 0 Å². The first-order valence-corrected chi connectivity index (χ1v) is 8.55. The quantitative estimate of drug-likeness (QED) is 0.771. The molecule has 5 heteroatoms. The zero-order valence-corrected chi connectivity index (χ0v) is 15.7. The van der Waals surface area contributed by atoms with Gasteiger partial charge in [0.25, 0.3) is 0 Å². The number of rotatable bonds is 5. The number of hydrogen-bond acceptors (Lipinski definition) is 2. The van der Waals surface area contributed by atoms with E-state index in [1.807, 2.05) is 55.5 Å². The van der Waals surface area contributed by atoms with Gasteiger partial charge in [-0.1, -0.05) is 40.2 Å². The van der Waals surface area contributed by atoms with Crippen LogP contribution in [0.25, 0.3) is 0 Å². The van der Waals surface area contributed by atoms with Crippen LogP contribution in [0.2, 0.25) is 0 Å². The number of amides is 2. The molecule has 2 aromatic rings. The van der Waals surface area contributed by atoms with Crippen LogP contribution in [0.1, 0.15) is 18.9 Å². The van der Waals surface area contributed by atoms with E-state index in [9.17, 15) is 9.59 Å². The van der Waals surface area contributed by atoms with Gasteiger partial charge in [-0.2, -0.15) is 0 Å². The first-order valence-electron chi connectivity index (χ1n) is 7.76. The van der Waals surface area contributed by atoms with Crippen molar-refractivity contribution in [2.45, 2.75) is 20.3 Å². The summed E-state index contributed by atoms with van der Waals surface area (Å²) in [5.41, 5.74) is 2.73. The van der Waals surface area contributed by atoms with Crippen molar-refractivity contribution in [1.29, 1.82) is 0 Å². The maximum atomic E-state index is 12.4. The molecule has 0 saturated carbocycles. The molecule has 0 aliphatic heterocycles. The Balaban J connectivity index is 2.07. The number of anilines is 2. The van der Waals surface area contributed by atoms with Gasteiger partial charge < -0.3 is 9.80 Å². The van der Waals surface area contributed by atoms with Crippen LogP contribution in [0.4, 0.5) is 11.4 Å². The van der Waals surface area contributed by atoms with Crippen LogP contribution >= 0.6 is 15.9 Å². The van der Waals surface area contributed by atoms with Gasteiger partial charge in [-0.05, 0) is 36.8 Å². The van der Waals surface area contributed by atoms with Crippen molar-refractivity contribution in [2.75, 3.05) is 23.4 Å². The average molecular weight is 389 g/mol. The van der Waals surface area contributed by atoms with Gasteiger partial charge in [0.15, 0.2) is 0 Å². The van der Waals surface area contributed by atoms with E-state index in [4.69, 9.17) is 0 Å². The van der Waals surface area contributed by atoms with Crippen LogP contribution in [0.15, 0.2) is 53.0 Å². The Kier molecular flexibility index (Phi) is 6.15. The predicted molar refractivity (Wildman–Crippen MR) is 101 cm³/mol. The molecule has 0 saturated heterocycles. The van der Waals surface area contributed by atoms with Crippen LogP contribution in [0.5, 0.6) is 0 Å². The van der Waals surface area contributed by atoms with E-state index < -0.39 is 0 Å².